The van der Waals surface area contributed by atoms with E-state index >= 15 is 0 Å². The van der Waals surface area contributed by atoms with E-state index in [0.29, 0.717) is 5.02 Å². The lowest BCUT2D eigenvalue weighted by Crippen LogP contribution is -1.99. The molecule has 0 aliphatic carbocycles. The van der Waals surface area contributed by atoms with Crippen molar-refractivity contribution in [2.24, 2.45) is 0 Å². The smallest absolute Gasteiger partial charge is 0.141 e. The van der Waals surface area contributed by atoms with Gasteiger partial charge in [0.1, 0.15) is 11.6 Å². The van der Waals surface area contributed by atoms with Crippen molar-refractivity contribution in [2.75, 3.05) is 0 Å². The van der Waals surface area contributed by atoms with Gasteiger partial charge in [0.15, 0.2) is 0 Å². The van der Waals surface area contributed by atoms with Crippen LogP contribution in [0.25, 0.3) is 22.4 Å². The monoisotopic (exact) mass is 412 g/mol. The van der Waals surface area contributed by atoms with E-state index in [1.165, 1.54) is 0 Å². The van der Waals surface area contributed by atoms with Crippen LogP contribution in [-0.2, 0) is 6.54 Å². The number of fused-ring (bicyclic) bond motifs is 1. The van der Waals surface area contributed by atoms with Gasteiger partial charge in [0.2, 0.25) is 0 Å². The third-order valence-corrected chi connectivity index (χ3v) is 4.51. The fourth-order valence-corrected chi connectivity index (χ4v) is 2.92. The Morgan fingerprint density at radius 3 is 2.76 bits per heavy atom. The Kier molecular flexibility index (Phi) is 4.08. The van der Waals surface area contributed by atoms with Crippen LogP contribution in [0.1, 0.15) is 13.3 Å². The molecule has 0 unspecified atom stereocenters. The van der Waals surface area contributed by atoms with Crippen LogP contribution >= 0.6 is 34.2 Å². The number of phenols is 1. The number of hydrogen-bond acceptors (Lipinski definition) is 2. The maximum atomic E-state index is 9.94. The first-order valence-corrected chi connectivity index (χ1v) is 8.20. The SMILES string of the molecule is CCCn1c(-c2ccc(I)c(O)c2)nc2ccc(Cl)cc21. The average molecular weight is 413 g/mol. The molecule has 21 heavy (non-hydrogen) atoms. The summed E-state index contributed by atoms with van der Waals surface area (Å²) in [5.74, 6) is 1.14. The summed E-state index contributed by atoms with van der Waals surface area (Å²) in [4.78, 5) is 4.70. The van der Waals surface area contributed by atoms with Gasteiger partial charge in [-0.15, -0.1) is 0 Å². The molecule has 3 aromatic rings. The topological polar surface area (TPSA) is 38.0 Å². The number of halogens is 2. The molecule has 0 radical (unpaired) electrons. The fourth-order valence-electron chi connectivity index (χ4n) is 2.42. The molecule has 0 aliphatic rings. The number of hydrogen-bond donors (Lipinski definition) is 1. The van der Waals surface area contributed by atoms with E-state index in [2.05, 4.69) is 34.1 Å². The van der Waals surface area contributed by atoms with Gasteiger partial charge in [-0.3, -0.25) is 0 Å². The minimum absolute atomic E-state index is 0.279. The number of phenolic OH excluding ortho intramolecular Hbond substituents is 1. The molecular weight excluding hydrogens is 399 g/mol. The maximum Gasteiger partial charge on any atom is 0.141 e. The molecule has 0 atom stereocenters. The second-order valence-electron chi connectivity index (χ2n) is 4.89. The Morgan fingerprint density at radius 1 is 1.24 bits per heavy atom. The van der Waals surface area contributed by atoms with Crippen molar-refractivity contribution in [3.8, 4) is 17.1 Å². The standard InChI is InChI=1S/C16H14ClIN2O/c1-2-7-20-14-9-11(17)4-6-13(14)19-16(20)10-3-5-12(18)15(21)8-10/h3-6,8-9,21H,2,7H2,1H3. The normalized spacial score (nSPS) is 11.2. The van der Waals surface area contributed by atoms with Gasteiger partial charge in [0.05, 0.1) is 14.6 Å². The van der Waals surface area contributed by atoms with E-state index in [-0.39, 0.29) is 5.75 Å². The first-order chi connectivity index (χ1) is 10.1. The fraction of sp³-hybridized carbons (Fsp3) is 0.188. The van der Waals surface area contributed by atoms with Gasteiger partial charge in [-0.1, -0.05) is 18.5 Å². The first-order valence-electron chi connectivity index (χ1n) is 6.75. The molecule has 0 aliphatic heterocycles. The van der Waals surface area contributed by atoms with Gasteiger partial charge in [0.25, 0.3) is 0 Å². The van der Waals surface area contributed by atoms with E-state index in [9.17, 15) is 5.11 Å². The summed E-state index contributed by atoms with van der Waals surface area (Å²) >= 11 is 8.22. The molecule has 2 aromatic carbocycles. The zero-order chi connectivity index (χ0) is 15.0. The minimum atomic E-state index is 0.279. The Balaban J connectivity index is 2.25. The minimum Gasteiger partial charge on any atom is -0.507 e. The summed E-state index contributed by atoms with van der Waals surface area (Å²) in [7, 11) is 0. The van der Waals surface area contributed by atoms with Crippen LogP contribution in [0.2, 0.25) is 5.02 Å². The Hall–Kier alpha value is -1.27. The number of benzene rings is 2. The summed E-state index contributed by atoms with van der Waals surface area (Å²) in [6.07, 6.45) is 1.00. The third kappa shape index (κ3) is 2.74. The Bertz CT molecular complexity index is 813. The summed E-state index contributed by atoms with van der Waals surface area (Å²) in [5, 5.41) is 10.6. The molecule has 3 nitrogen and oxygen atoms in total. The molecule has 0 bridgehead atoms. The number of aryl methyl sites for hydroxylation is 1. The van der Waals surface area contributed by atoms with Crippen molar-refractivity contribution in [2.45, 2.75) is 19.9 Å². The lowest BCUT2D eigenvalue weighted by Gasteiger charge is -2.08. The highest BCUT2D eigenvalue weighted by atomic mass is 127. The second-order valence-corrected chi connectivity index (χ2v) is 6.48. The lowest BCUT2D eigenvalue weighted by atomic mass is 10.2. The van der Waals surface area contributed by atoms with Crippen LogP contribution in [0, 0.1) is 3.57 Å². The Morgan fingerprint density at radius 2 is 2.05 bits per heavy atom. The van der Waals surface area contributed by atoms with Crippen molar-refractivity contribution < 1.29 is 5.11 Å². The van der Waals surface area contributed by atoms with Gasteiger partial charge in [-0.2, -0.15) is 0 Å². The molecule has 0 amide bonds. The van der Waals surface area contributed by atoms with Crippen LogP contribution < -0.4 is 0 Å². The highest BCUT2D eigenvalue weighted by molar-refractivity contribution is 14.1. The van der Waals surface area contributed by atoms with Crippen LogP contribution in [0.3, 0.4) is 0 Å². The van der Waals surface area contributed by atoms with Gasteiger partial charge < -0.3 is 9.67 Å². The van der Waals surface area contributed by atoms with Crippen LogP contribution in [0.15, 0.2) is 36.4 Å². The third-order valence-electron chi connectivity index (χ3n) is 3.36. The van der Waals surface area contributed by atoms with Crippen molar-refractivity contribution in [1.82, 2.24) is 9.55 Å². The predicted molar refractivity (Wildman–Crippen MR) is 94.9 cm³/mol. The predicted octanol–water partition coefficient (Wildman–Crippen LogP) is 5.08. The first kappa shape index (κ1) is 14.7. The van der Waals surface area contributed by atoms with Gasteiger partial charge >= 0.3 is 0 Å². The molecule has 1 heterocycles. The number of nitrogens with zero attached hydrogens (tertiary/aromatic N) is 2. The van der Waals surface area contributed by atoms with E-state index in [1.807, 2.05) is 30.3 Å². The van der Waals surface area contributed by atoms with E-state index in [0.717, 1.165) is 39.0 Å². The summed E-state index contributed by atoms with van der Waals surface area (Å²) < 4.78 is 2.99. The lowest BCUT2D eigenvalue weighted by molar-refractivity contribution is 0.471. The molecule has 5 heteroatoms. The van der Waals surface area contributed by atoms with Crippen LogP contribution in [-0.4, -0.2) is 14.7 Å². The summed E-state index contributed by atoms with van der Waals surface area (Å²) in [6.45, 7) is 2.99. The number of imidazole rings is 1. The Labute approximate surface area is 141 Å². The summed E-state index contributed by atoms with van der Waals surface area (Å²) in [5.41, 5.74) is 2.85. The maximum absolute atomic E-state index is 9.94. The van der Waals surface area contributed by atoms with E-state index in [1.54, 1.807) is 6.07 Å². The molecule has 0 fully saturated rings. The highest BCUT2D eigenvalue weighted by Gasteiger charge is 2.13. The molecule has 0 spiro atoms. The number of aromatic nitrogens is 2. The van der Waals surface area contributed by atoms with Gasteiger partial charge in [0, 0.05) is 17.1 Å². The van der Waals surface area contributed by atoms with E-state index in [4.69, 9.17) is 16.6 Å². The van der Waals surface area contributed by atoms with Crippen molar-refractivity contribution in [1.29, 1.82) is 0 Å². The van der Waals surface area contributed by atoms with Crippen LogP contribution in [0.5, 0.6) is 5.75 Å². The average Bonchev–Trinajstić information content (AvgIpc) is 2.81. The van der Waals surface area contributed by atoms with Crippen molar-refractivity contribution in [3.63, 3.8) is 0 Å². The van der Waals surface area contributed by atoms with Crippen LogP contribution in [0.4, 0.5) is 0 Å². The molecule has 3 rings (SSSR count). The van der Waals surface area contributed by atoms with Crippen molar-refractivity contribution >= 4 is 45.2 Å². The zero-order valence-corrected chi connectivity index (χ0v) is 14.4. The quantitative estimate of drug-likeness (QED) is 0.609. The molecule has 108 valence electrons. The molecule has 1 N–H and O–H groups in total. The second kappa shape index (κ2) is 5.85. The summed E-state index contributed by atoms with van der Waals surface area (Å²) in [6, 6.07) is 11.4. The molecular formula is C16H14ClIN2O. The molecule has 1 aromatic heterocycles. The van der Waals surface area contributed by atoms with Gasteiger partial charge in [-0.05, 0) is 65.4 Å². The van der Waals surface area contributed by atoms with Crippen molar-refractivity contribution in [3.05, 3.63) is 45.0 Å². The van der Waals surface area contributed by atoms with E-state index < -0.39 is 0 Å². The molecule has 0 saturated heterocycles. The largest absolute Gasteiger partial charge is 0.507 e. The zero-order valence-electron chi connectivity index (χ0n) is 11.5. The molecule has 0 saturated carbocycles. The highest BCUT2D eigenvalue weighted by Crippen LogP contribution is 2.30. The number of rotatable bonds is 3. The van der Waals surface area contributed by atoms with Gasteiger partial charge in [-0.25, -0.2) is 4.98 Å². The number of aromatic hydroxyl groups is 1.